The molecule has 0 aliphatic carbocycles. The largest absolute Gasteiger partial charge is 0.374 e. The number of rotatable bonds is 14. The van der Waals surface area contributed by atoms with E-state index < -0.39 is 27.3 Å². The Balaban J connectivity index is 1.44. The average Bonchev–Trinajstić information content (AvgIpc) is 3.68. The third-order valence-electron chi connectivity index (χ3n) is 7.50. The van der Waals surface area contributed by atoms with Gasteiger partial charge in [-0.05, 0) is 56.7 Å². The molecule has 11 nitrogen and oxygen atoms in total. The van der Waals surface area contributed by atoms with E-state index in [1.54, 1.807) is 42.8 Å². The number of nitrogens with zero attached hydrogens (tertiary/aromatic N) is 3. The number of amides is 4. The van der Waals surface area contributed by atoms with E-state index in [1.807, 2.05) is 76.5 Å². The number of nitrogens with one attached hydrogen (secondary N) is 3. The van der Waals surface area contributed by atoms with Crippen LogP contribution in [0.15, 0.2) is 67.0 Å². The van der Waals surface area contributed by atoms with Gasteiger partial charge in [0.25, 0.3) is 9.82 Å². The lowest BCUT2D eigenvalue weighted by Crippen LogP contribution is -2.58. The van der Waals surface area contributed by atoms with Gasteiger partial charge in [0.2, 0.25) is 11.8 Å². The smallest absolute Gasteiger partial charge is 0.281 e. The summed E-state index contributed by atoms with van der Waals surface area (Å²) in [6.07, 6.45) is 3.65. The minimum atomic E-state index is -1.26. The van der Waals surface area contributed by atoms with Gasteiger partial charge in [-0.15, -0.1) is 0 Å². The normalized spacial score (nSPS) is 14.4. The van der Waals surface area contributed by atoms with Gasteiger partial charge in [-0.25, -0.2) is 4.98 Å². The van der Waals surface area contributed by atoms with Crippen molar-refractivity contribution in [2.24, 2.45) is 0 Å². The predicted molar refractivity (Wildman–Crippen MR) is 183 cm³/mol. The molecule has 3 N–H and O–H groups in total. The molecule has 1 unspecified atom stereocenters. The zero-order chi connectivity index (χ0) is 32.4. The van der Waals surface area contributed by atoms with Crippen LogP contribution in [-0.2, 0) is 25.7 Å². The van der Waals surface area contributed by atoms with Crippen molar-refractivity contribution in [3.05, 3.63) is 83.8 Å². The van der Waals surface area contributed by atoms with E-state index >= 15 is 0 Å². The van der Waals surface area contributed by atoms with E-state index in [-0.39, 0.29) is 25.0 Å². The molecular weight excluding hydrogens is 707 g/mol. The molecule has 0 radical (unpaired) electrons. The second-order valence-electron chi connectivity index (χ2n) is 11.3. The highest BCUT2D eigenvalue weighted by atomic mass is 127. The summed E-state index contributed by atoms with van der Waals surface area (Å²) in [5.41, 5.74) is 1.31. The molecule has 2 atom stereocenters. The molecule has 3 aromatic rings. The maximum Gasteiger partial charge on any atom is 0.281 e. The molecule has 0 saturated carbocycles. The number of carbonyl (C=O) groups excluding carboxylic acids is 4. The van der Waals surface area contributed by atoms with Crippen molar-refractivity contribution < 1.29 is 23.9 Å². The summed E-state index contributed by atoms with van der Waals surface area (Å²) in [4.78, 5) is 58.0. The molecule has 4 rings (SSSR count). The minimum absolute atomic E-state index is 0.105. The highest BCUT2D eigenvalue weighted by Crippen LogP contribution is 2.28. The molecule has 4 amide bonds. The van der Waals surface area contributed by atoms with E-state index in [0.29, 0.717) is 17.3 Å². The van der Waals surface area contributed by atoms with Gasteiger partial charge < -0.3 is 25.6 Å². The Morgan fingerprint density at radius 1 is 1.02 bits per heavy atom. The molecule has 1 aliphatic heterocycles. The predicted octanol–water partition coefficient (Wildman–Crippen LogP) is 4.66. The van der Waals surface area contributed by atoms with Crippen molar-refractivity contribution in [3.8, 4) is 0 Å². The van der Waals surface area contributed by atoms with E-state index in [4.69, 9.17) is 4.74 Å². The fraction of sp³-hybridized carbons (Fsp3) is 0.406. The Kier molecular flexibility index (Phi) is 12.4. The van der Waals surface area contributed by atoms with Crippen molar-refractivity contribution in [1.29, 1.82) is 0 Å². The molecule has 2 heterocycles. The number of imidazole rings is 1. The molecular formula is C32H39IN6O5S. The summed E-state index contributed by atoms with van der Waals surface area (Å²) in [7, 11) is 0. The monoisotopic (exact) mass is 746 g/mol. The first-order valence-corrected chi connectivity index (χ1v) is 16.8. The highest BCUT2D eigenvalue weighted by Gasteiger charge is 2.33. The first kappa shape index (κ1) is 34.4. The molecule has 1 saturated heterocycles. The second-order valence-corrected chi connectivity index (χ2v) is 13.3. The number of hydrogen-bond acceptors (Lipinski definition) is 7. The minimum Gasteiger partial charge on any atom is -0.374 e. The Hall–Kier alpha value is -3.43. The van der Waals surface area contributed by atoms with Crippen LogP contribution in [0, 0.1) is 6.92 Å². The van der Waals surface area contributed by atoms with E-state index in [0.717, 1.165) is 37.1 Å². The molecule has 13 heteroatoms. The molecule has 0 bridgehead atoms. The molecule has 2 aromatic carbocycles. The lowest BCUT2D eigenvalue weighted by molar-refractivity contribution is -0.131. The number of hydrogen-bond donors (Lipinski definition) is 3. The number of halogens is 1. The van der Waals surface area contributed by atoms with Crippen LogP contribution >= 0.6 is 34.5 Å². The number of benzene rings is 2. The van der Waals surface area contributed by atoms with E-state index in [1.165, 1.54) is 11.9 Å². The summed E-state index contributed by atoms with van der Waals surface area (Å²) in [6, 6.07) is 18.2. The first-order valence-electron chi connectivity index (χ1n) is 14.8. The Labute approximate surface area is 281 Å². The van der Waals surface area contributed by atoms with Crippen molar-refractivity contribution in [2.45, 2.75) is 57.7 Å². The van der Waals surface area contributed by atoms with Gasteiger partial charge in [0, 0.05) is 41.4 Å². The number of ether oxygens (including phenoxy) is 1. The lowest BCUT2D eigenvalue weighted by Gasteiger charge is -2.27. The summed E-state index contributed by atoms with van der Waals surface area (Å²) in [6.45, 7) is 6.64. The zero-order valence-corrected chi connectivity index (χ0v) is 28.6. The Morgan fingerprint density at radius 2 is 1.67 bits per heavy atom. The number of aromatic nitrogens is 2. The summed E-state index contributed by atoms with van der Waals surface area (Å²) < 4.78 is 7.25. The molecule has 45 heavy (non-hydrogen) atoms. The fourth-order valence-corrected chi connectivity index (χ4v) is 6.57. The summed E-state index contributed by atoms with van der Waals surface area (Å²) in [5.74, 6) is -0.429. The van der Waals surface area contributed by atoms with Gasteiger partial charge >= 0.3 is 0 Å². The first-order chi connectivity index (χ1) is 21.5. The van der Waals surface area contributed by atoms with Crippen LogP contribution in [0.4, 0.5) is 10.6 Å². The van der Waals surface area contributed by atoms with Crippen LogP contribution < -0.4 is 16.0 Å². The van der Waals surface area contributed by atoms with E-state index in [9.17, 15) is 19.2 Å². The van der Waals surface area contributed by atoms with Crippen LogP contribution in [0.1, 0.15) is 49.4 Å². The van der Waals surface area contributed by atoms with Gasteiger partial charge in [0.15, 0.2) is 5.82 Å². The third kappa shape index (κ3) is 9.78. The Bertz CT molecular complexity index is 1460. The summed E-state index contributed by atoms with van der Waals surface area (Å²) in [5, 5.41) is 8.12. The lowest BCUT2D eigenvalue weighted by atomic mass is 10.00. The van der Waals surface area contributed by atoms with Crippen molar-refractivity contribution in [2.75, 3.05) is 30.8 Å². The van der Waals surface area contributed by atoms with Crippen LogP contribution in [0.5, 0.6) is 0 Å². The third-order valence-corrected chi connectivity index (χ3v) is 8.90. The van der Waals surface area contributed by atoms with Crippen LogP contribution in [0.25, 0.3) is 0 Å². The highest BCUT2D eigenvalue weighted by molar-refractivity contribution is 14.1. The van der Waals surface area contributed by atoms with Gasteiger partial charge in [-0.2, -0.15) is 0 Å². The molecule has 0 spiro atoms. The Morgan fingerprint density at radius 3 is 2.31 bits per heavy atom. The van der Waals surface area contributed by atoms with Crippen molar-refractivity contribution in [3.63, 3.8) is 0 Å². The van der Waals surface area contributed by atoms with Crippen LogP contribution in [-0.4, -0.2) is 72.5 Å². The van der Waals surface area contributed by atoms with Gasteiger partial charge in [-0.3, -0.25) is 23.2 Å². The molecule has 1 aliphatic rings. The average molecular weight is 747 g/mol. The summed E-state index contributed by atoms with van der Waals surface area (Å²) >= 11 is 3.00. The van der Waals surface area contributed by atoms with Gasteiger partial charge in [0.1, 0.15) is 17.9 Å². The zero-order valence-electron chi connectivity index (χ0n) is 25.6. The SMILES string of the molecule is Cc1c(NC(=O)[C@@H](COCc2ccccc2)NC(=O)C(C)(C)NC(=O)I)ncn1SCC(C(=O)N1CCCC1)c1ccccc1. The fourth-order valence-electron chi connectivity index (χ4n) is 4.85. The standard InChI is InChI=1S/C32H39IN6O5S/c1-22-27(34-21-39(22)45-20-25(24-14-8-5-9-15-24)29(41)38-16-10-11-17-38)36-28(40)26(19-44-18-23-12-6-4-7-13-23)35-30(42)32(2,3)37-31(33)43/h4-9,12-15,21,25-26H,10-11,16-20H2,1-3H3,(H,35,42)(H,36,40)(H,37,43)/t25?,26-/m1/s1. The second kappa shape index (κ2) is 16.2. The van der Waals surface area contributed by atoms with Crippen molar-refractivity contribution in [1.82, 2.24) is 24.5 Å². The molecule has 240 valence electrons. The molecule has 1 fully saturated rings. The van der Waals surface area contributed by atoms with Gasteiger partial charge in [-0.1, -0.05) is 60.7 Å². The van der Waals surface area contributed by atoms with E-state index in [2.05, 4.69) is 20.9 Å². The molecule has 1 aromatic heterocycles. The topological polar surface area (TPSA) is 135 Å². The number of anilines is 1. The quantitative estimate of drug-likeness (QED) is 0.124. The van der Waals surface area contributed by atoms with Crippen LogP contribution in [0.2, 0.25) is 0 Å². The van der Waals surface area contributed by atoms with Crippen LogP contribution in [0.3, 0.4) is 0 Å². The van der Waals surface area contributed by atoms with Gasteiger partial charge in [0.05, 0.1) is 24.8 Å². The number of carbonyl (C=O) groups is 4. The maximum atomic E-state index is 13.5. The van der Waals surface area contributed by atoms with Crippen molar-refractivity contribution >= 4 is 62.0 Å². The number of likely N-dealkylation sites (tertiary alicyclic amines) is 1. The maximum absolute atomic E-state index is 13.5.